The molecule has 3 N–H and O–H groups in total. The van der Waals surface area contributed by atoms with Gasteiger partial charge in [-0.15, -0.1) is 0 Å². The molecule has 1 heterocycles. The van der Waals surface area contributed by atoms with Crippen LogP contribution in [0.3, 0.4) is 0 Å². The van der Waals surface area contributed by atoms with Crippen LogP contribution in [0.4, 0.5) is 5.69 Å². The van der Waals surface area contributed by atoms with E-state index in [-0.39, 0.29) is 17.4 Å². The molecule has 1 saturated heterocycles. The number of para-hydroxylation sites is 1. The van der Waals surface area contributed by atoms with Gasteiger partial charge in [0.25, 0.3) is 5.91 Å². The highest BCUT2D eigenvalue weighted by Gasteiger charge is 2.24. The first-order valence-corrected chi connectivity index (χ1v) is 8.25. The van der Waals surface area contributed by atoms with Crippen LogP contribution in [0.25, 0.3) is 6.08 Å². The maximum absolute atomic E-state index is 12.1. The summed E-state index contributed by atoms with van der Waals surface area (Å²) in [5.41, 5.74) is 1.95. The van der Waals surface area contributed by atoms with Crippen LogP contribution in [0.5, 0.6) is 17.2 Å². The number of amides is 1. The fourth-order valence-corrected chi connectivity index (χ4v) is 3.13. The fourth-order valence-electron chi connectivity index (χ4n) is 2.31. The van der Waals surface area contributed by atoms with Crippen molar-refractivity contribution in [3.8, 4) is 17.2 Å². The van der Waals surface area contributed by atoms with E-state index >= 15 is 0 Å². The second-order valence-electron chi connectivity index (χ2n) is 5.36. The highest BCUT2D eigenvalue weighted by Crippen LogP contribution is 2.34. The van der Waals surface area contributed by atoms with Gasteiger partial charge in [-0.05, 0) is 54.1 Å². The SMILES string of the molecule is COc1cc(/C=C2\SC(=Nc3c(C)cccc3O)NC2=O)ccc1O. The van der Waals surface area contributed by atoms with Gasteiger partial charge in [0.2, 0.25) is 0 Å². The van der Waals surface area contributed by atoms with E-state index < -0.39 is 0 Å². The van der Waals surface area contributed by atoms with Gasteiger partial charge in [-0.3, -0.25) is 4.79 Å². The zero-order valence-electron chi connectivity index (χ0n) is 13.6. The molecule has 0 aliphatic carbocycles. The number of aromatic hydroxyl groups is 2. The molecule has 1 amide bonds. The largest absolute Gasteiger partial charge is 0.506 e. The lowest BCUT2D eigenvalue weighted by Crippen LogP contribution is -2.19. The second kappa shape index (κ2) is 6.90. The number of hydrogen-bond acceptors (Lipinski definition) is 6. The Kier molecular flexibility index (Phi) is 4.67. The molecule has 0 atom stereocenters. The van der Waals surface area contributed by atoms with Crippen molar-refractivity contribution in [1.29, 1.82) is 0 Å². The molecular formula is C18H16N2O4S. The summed E-state index contributed by atoms with van der Waals surface area (Å²) < 4.78 is 5.07. The van der Waals surface area contributed by atoms with Crippen LogP contribution in [0.2, 0.25) is 0 Å². The molecule has 1 fully saturated rings. The molecule has 128 valence electrons. The number of nitrogens with one attached hydrogen (secondary N) is 1. The van der Waals surface area contributed by atoms with Gasteiger partial charge in [0.15, 0.2) is 16.7 Å². The first-order chi connectivity index (χ1) is 12.0. The Bertz CT molecular complexity index is 886. The average Bonchev–Trinajstić information content (AvgIpc) is 2.92. The van der Waals surface area contributed by atoms with Gasteiger partial charge >= 0.3 is 0 Å². The molecule has 3 rings (SSSR count). The first-order valence-electron chi connectivity index (χ1n) is 7.43. The van der Waals surface area contributed by atoms with Crippen LogP contribution in [0.15, 0.2) is 46.3 Å². The minimum atomic E-state index is -0.274. The molecule has 0 spiro atoms. The summed E-state index contributed by atoms with van der Waals surface area (Å²) in [7, 11) is 1.46. The van der Waals surface area contributed by atoms with Crippen LogP contribution in [0, 0.1) is 6.92 Å². The summed E-state index contributed by atoms with van der Waals surface area (Å²) in [4.78, 5) is 16.9. The number of aryl methyl sites for hydroxylation is 1. The first kappa shape index (κ1) is 16.9. The lowest BCUT2D eigenvalue weighted by Gasteiger charge is -2.04. The summed E-state index contributed by atoms with van der Waals surface area (Å²) in [5, 5.41) is 22.6. The molecule has 0 radical (unpaired) electrons. The molecule has 0 aromatic heterocycles. The van der Waals surface area contributed by atoms with E-state index in [1.54, 1.807) is 30.3 Å². The standard InChI is InChI=1S/C18H16N2O4S/c1-10-4-3-5-13(22)16(10)19-18-20-17(23)15(25-18)9-11-6-7-12(21)14(8-11)24-2/h3-9,21-22H,1-2H3,(H,19,20,23)/b15-9-. The number of phenolic OH excluding ortho intramolecular Hbond substituents is 2. The van der Waals surface area contributed by atoms with Crippen molar-refractivity contribution in [2.75, 3.05) is 7.11 Å². The maximum atomic E-state index is 12.1. The fraction of sp³-hybridized carbons (Fsp3) is 0.111. The Hall–Kier alpha value is -2.93. The van der Waals surface area contributed by atoms with Crippen LogP contribution in [0.1, 0.15) is 11.1 Å². The van der Waals surface area contributed by atoms with Gasteiger partial charge < -0.3 is 20.3 Å². The number of nitrogens with zero attached hydrogens (tertiary/aromatic N) is 1. The predicted molar refractivity (Wildman–Crippen MR) is 98.3 cm³/mol. The molecule has 1 aliphatic heterocycles. The Balaban J connectivity index is 1.89. The third kappa shape index (κ3) is 3.61. The molecule has 2 aromatic carbocycles. The van der Waals surface area contributed by atoms with Crippen LogP contribution >= 0.6 is 11.8 Å². The van der Waals surface area contributed by atoms with E-state index in [9.17, 15) is 15.0 Å². The molecule has 0 bridgehead atoms. The minimum absolute atomic E-state index is 0.0328. The van der Waals surface area contributed by atoms with Crippen LogP contribution in [-0.2, 0) is 4.79 Å². The Morgan fingerprint density at radius 3 is 2.72 bits per heavy atom. The van der Waals surface area contributed by atoms with Gasteiger partial charge in [-0.2, -0.15) is 0 Å². The average molecular weight is 356 g/mol. The Morgan fingerprint density at radius 2 is 2.00 bits per heavy atom. The van der Waals surface area contributed by atoms with Gasteiger partial charge in [0.1, 0.15) is 11.4 Å². The van der Waals surface area contributed by atoms with Crippen molar-refractivity contribution in [3.63, 3.8) is 0 Å². The topological polar surface area (TPSA) is 91.2 Å². The Labute approximate surface area is 148 Å². The Morgan fingerprint density at radius 1 is 1.20 bits per heavy atom. The van der Waals surface area contributed by atoms with E-state index in [1.807, 2.05) is 13.0 Å². The molecule has 0 saturated carbocycles. The number of carbonyl (C=O) groups excluding carboxylic acids is 1. The van der Waals surface area contributed by atoms with E-state index in [0.717, 1.165) is 5.56 Å². The monoisotopic (exact) mass is 356 g/mol. The third-order valence-corrected chi connectivity index (χ3v) is 4.49. The summed E-state index contributed by atoms with van der Waals surface area (Å²) in [6, 6.07) is 9.94. The lowest BCUT2D eigenvalue weighted by molar-refractivity contribution is -0.115. The summed E-state index contributed by atoms with van der Waals surface area (Å²) in [6.45, 7) is 1.83. The summed E-state index contributed by atoms with van der Waals surface area (Å²) >= 11 is 1.18. The third-order valence-electron chi connectivity index (χ3n) is 3.58. The van der Waals surface area contributed by atoms with E-state index in [2.05, 4.69) is 10.3 Å². The van der Waals surface area contributed by atoms with E-state index in [0.29, 0.717) is 27.1 Å². The van der Waals surface area contributed by atoms with Crippen molar-refractivity contribution >= 4 is 34.6 Å². The number of aliphatic imine (C=N–C) groups is 1. The lowest BCUT2D eigenvalue weighted by atomic mass is 10.2. The second-order valence-corrected chi connectivity index (χ2v) is 6.39. The van der Waals surface area contributed by atoms with Crippen molar-refractivity contribution < 1.29 is 19.7 Å². The highest BCUT2D eigenvalue weighted by atomic mass is 32.2. The number of benzene rings is 2. The molecule has 2 aromatic rings. The smallest absolute Gasteiger partial charge is 0.264 e. The van der Waals surface area contributed by atoms with Crippen molar-refractivity contribution in [2.24, 2.45) is 4.99 Å². The molecule has 6 nitrogen and oxygen atoms in total. The number of amidine groups is 1. The van der Waals surface area contributed by atoms with Crippen LogP contribution in [-0.4, -0.2) is 28.4 Å². The number of rotatable bonds is 3. The van der Waals surface area contributed by atoms with Gasteiger partial charge in [0, 0.05) is 0 Å². The van der Waals surface area contributed by atoms with Gasteiger partial charge in [0.05, 0.1) is 12.0 Å². The summed E-state index contributed by atoms with van der Waals surface area (Å²) in [6.07, 6.45) is 1.68. The number of thioether (sulfide) groups is 1. The van der Waals surface area contributed by atoms with Crippen molar-refractivity contribution in [2.45, 2.75) is 6.92 Å². The summed E-state index contributed by atoms with van der Waals surface area (Å²) in [5.74, 6) is 0.147. The van der Waals surface area contributed by atoms with Crippen molar-refractivity contribution in [3.05, 3.63) is 52.4 Å². The van der Waals surface area contributed by atoms with E-state index in [4.69, 9.17) is 4.74 Å². The maximum Gasteiger partial charge on any atom is 0.264 e. The zero-order valence-corrected chi connectivity index (χ0v) is 14.4. The quantitative estimate of drug-likeness (QED) is 0.734. The highest BCUT2D eigenvalue weighted by molar-refractivity contribution is 8.18. The molecule has 7 heteroatoms. The normalized spacial score (nSPS) is 17.1. The molecular weight excluding hydrogens is 340 g/mol. The predicted octanol–water partition coefficient (Wildman–Crippen LogP) is 3.31. The van der Waals surface area contributed by atoms with E-state index in [1.165, 1.54) is 24.9 Å². The molecule has 25 heavy (non-hydrogen) atoms. The number of ether oxygens (including phenoxy) is 1. The van der Waals surface area contributed by atoms with Gasteiger partial charge in [-0.25, -0.2) is 4.99 Å². The van der Waals surface area contributed by atoms with Crippen LogP contribution < -0.4 is 10.1 Å². The van der Waals surface area contributed by atoms with Crippen molar-refractivity contribution in [1.82, 2.24) is 5.32 Å². The minimum Gasteiger partial charge on any atom is -0.506 e. The molecule has 0 unspecified atom stereocenters. The number of methoxy groups -OCH3 is 1. The number of carbonyl (C=O) groups is 1. The zero-order chi connectivity index (χ0) is 18.0. The molecule has 1 aliphatic rings. The van der Waals surface area contributed by atoms with Gasteiger partial charge in [-0.1, -0.05) is 18.2 Å². The number of hydrogen-bond donors (Lipinski definition) is 3. The number of phenols is 2.